The Bertz CT molecular complexity index is 3960. The van der Waals surface area contributed by atoms with Crippen LogP contribution in [0.2, 0.25) is 0 Å². The van der Waals surface area contributed by atoms with E-state index in [0.717, 1.165) is 57.9 Å². The molecule has 28 N–H and O–H groups in total. The van der Waals surface area contributed by atoms with Crippen LogP contribution < -0.4 is 20.4 Å². The Balaban J connectivity index is 0.952. The molecular formula is C83H140N2O52P2-2. The van der Waals surface area contributed by atoms with Crippen molar-refractivity contribution < 1.29 is 255 Å². The molecule has 9 fully saturated rings. The normalized spacial score (nSPS) is 43.4. The molecule has 0 radical (unpaired) electrons. The van der Waals surface area contributed by atoms with Gasteiger partial charge in [-0.3, -0.25) is 23.2 Å². The average Bonchev–Trinajstić information content (AvgIpc) is 0.792. The molecule has 9 heterocycles. The summed E-state index contributed by atoms with van der Waals surface area (Å²) < 4.78 is 141. The molecule has 9 aliphatic rings. The average molecular weight is 2060 g/mol. The molecule has 139 heavy (non-hydrogen) atoms. The van der Waals surface area contributed by atoms with Crippen molar-refractivity contribution in [2.45, 2.75) is 389 Å². The van der Waals surface area contributed by atoms with E-state index in [1.54, 1.807) is 0 Å². The van der Waals surface area contributed by atoms with Crippen molar-refractivity contribution in [1.29, 1.82) is 0 Å². The SMILES string of the molecule is CC(=O)N[C@H]1[C@H](O[C@H]2[C@H](O)[C@@H](NC(C)=O)C(OP(=O)([O-])OP(=O)([O-])OCCC(C)CC/C=C(/C)CC/C=C(\C)CC/C=C(\C)CCC=C(C)C)O[C@@H]2CO)O[C@H](CO)[C@@H](O[C@@H]2O[C@H](CO[C@H]3O[C@H](CO)[C@@H](O)[C@H](O[C@H]4O[C@H](CO)[C@@H](O)[C@H](O)[C@@H]4O[C@H]4O[C@H](CO)[C@@H](O)[C@H](O)[C@@H]4O)[C@@H]3O)[C@@H](O)[C@H](O[C@H]3O[C@H](CO)[C@@H](O)[C@H](O)[C@@H]3O[C@H]3O[C@H](CO)[C@@H](O)[C@H](O)[C@@H]3O[C@H]3O[C@H](CO)[C@@H](O)[C@H](O)[C@@H]3O)[C@@H]2O)[C@@H]1O. The van der Waals surface area contributed by atoms with Crippen LogP contribution in [0.1, 0.15) is 113 Å². The van der Waals surface area contributed by atoms with Crippen molar-refractivity contribution in [3.63, 3.8) is 0 Å². The zero-order chi connectivity index (χ0) is 103. The molecule has 2 amide bonds. The van der Waals surface area contributed by atoms with Gasteiger partial charge in [-0.25, -0.2) is 4.31 Å². The topological polar surface area (TPSA) is 849 Å². The van der Waals surface area contributed by atoms with Gasteiger partial charge in [-0.05, 0) is 98.3 Å². The van der Waals surface area contributed by atoms with Gasteiger partial charge in [0.25, 0.3) is 15.6 Å². The second kappa shape index (κ2) is 54.6. The Morgan fingerprint density at radius 2 is 0.619 bits per heavy atom. The number of ether oxygens (including phenoxy) is 17. The van der Waals surface area contributed by atoms with Gasteiger partial charge >= 0.3 is 0 Å². The van der Waals surface area contributed by atoms with Gasteiger partial charge in [-0.15, -0.1) is 0 Å². The Morgan fingerprint density at radius 3 is 1.02 bits per heavy atom. The second-order valence-corrected chi connectivity index (χ2v) is 39.0. The Hall–Kier alpha value is -3.56. The smallest absolute Gasteiger partial charge is 0.276 e. The Labute approximate surface area is 798 Å². The molecule has 56 heteroatoms. The minimum absolute atomic E-state index is 0.100. The highest BCUT2D eigenvalue weighted by Crippen LogP contribution is 2.57. The van der Waals surface area contributed by atoms with Crippen LogP contribution in [0.15, 0.2) is 46.6 Å². The van der Waals surface area contributed by atoms with Crippen molar-refractivity contribution in [2.24, 2.45) is 5.92 Å². The largest absolute Gasteiger partial charge is 0.756 e. The fraction of sp³-hybridized carbons (Fsp3) is 0.880. The van der Waals surface area contributed by atoms with E-state index in [4.69, 9.17) is 89.6 Å². The Kier molecular flexibility index (Phi) is 46.7. The lowest BCUT2D eigenvalue weighted by Gasteiger charge is -2.51. The second-order valence-electron chi connectivity index (χ2n) is 36.1. The van der Waals surface area contributed by atoms with Crippen LogP contribution in [-0.2, 0) is 113 Å². The predicted octanol–water partition coefficient (Wildman–Crippen LogP) is -12.4. The monoisotopic (exact) mass is 2060 g/mol. The number of aliphatic hydroxyl groups excluding tert-OH is 26. The molecule has 0 aromatic heterocycles. The maximum Gasteiger partial charge on any atom is 0.276 e. The van der Waals surface area contributed by atoms with Gasteiger partial charge in [0.05, 0.1) is 66.1 Å². The lowest BCUT2D eigenvalue weighted by Crippen LogP contribution is -2.70. The lowest BCUT2D eigenvalue weighted by molar-refractivity contribution is -0.408. The van der Waals surface area contributed by atoms with Crippen molar-refractivity contribution in [1.82, 2.24) is 10.6 Å². The summed E-state index contributed by atoms with van der Waals surface area (Å²) >= 11 is 0. The molecule has 0 aliphatic carbocycles. The van der Waals surface area contributed by atoms with Crippen LogP contribution in [-0.4, -0.2) is 487 Å². The Morgan fingerprint density at radius 1 is 0.317 bits per heavy atom. The molecule has 9 aliphatic heterocycles. The molecule has 0 spiro atoms. The van der Waals surface area contributed by atoms with Crippen molar-refractivity contribution in [3.8, 4) is 0 Å². The number of hydrogen-bond donors (Lipinski definition) is 28. The summed E-state index contributed by atoms with van der Waals surface area (Å²) in [6.07, 6.45) is -79.7. The maximum atomic E-state index is 13.6. The highest BCUT2D eigenvalue weighted by molar-refractivity contribution is 7.59. The number of aliphatic hydroxyl groups is 26. The number of nitrogens with one attached hydrogen (secondary N) is 2. The van der Waals surface area contributed by atoms with Gasteiger partial charge in [0.1, 0.15) is 220 Å². The summed E-state index contributed by atoms with van der Waals surface area (Å²) in [5.41, 5.74) is 5.07. The predicted molar refractivity (Wildman–Crippen MR) is 453 cm³/mol. The minimum Gasteiger partial charge on any atom is -0.756 e. The molecule has 0 aromatic rings. The zero-order valence-corrected chi connectivity index (χ0v) is 79.2. The molecule has 4 unspecified atom stereocenters. The van der Waals surface area contributed by atoms with E-state index < -0.39 is 370 Å². The van der Waals surface area contributed by atoms with Crippen LogP contribution >= 0.6 is 15.6 Å². The van der Waals surface area contributed by atoms with Gasteiger partial charge in [-0.1, -0.05) is 53.5 Å². The molecule has 9 saturated heterocycles. The van der Waals surface area contributed by atoms with Crippen LogP contribution in [0.3, 0.4) is 0 Å². The summed E-state index contributed by atoms with van der Waals surface area (Å²) in [5.74, 6) is -2.26. The zero-order valence-electron chi connectivity index (χ0n) is 77.4. The van der Waals surface area contributed by atoms with Crippen LogP contribution in [0, 0.1) is 5.92 Å². The van der Waals surface area contributed by atoms with E-state index in [-0.39, 0.29) is 12.3 Å². The van der Waals surface area contributed by atoms with Crippen LogP contribution in [0.4, 0.5) is 0 Å². The number of amides is 2. The highest BCUT2D eigenvalue weighted by atomic mass is 31.3. The first-order valence-corrected chi connectivity index (χ1v) is 48.6. The molecule has 9 rings (SSSR count). The fourth-order valence-corrected chi connectivity index (χ4v) is 19.2. The van der Waals surface area contributed by atoms with Crippen molar-refractivity contribution in [3.05, 3.63) is 46.6 Å². The molecule has 54 nitrogen and oxygen atoms in total. The van der Waals surface area contributed by atoms with Gasteiger partial charge < -0.3 is 238 Å². The molecule has 0 bridgehead atoms. The van der Waals surface area contributed by atoms with Gasteiger partial charge in [-0.2, -0.15) is 0 Å². The lowest BCUT2D eigenvalue weighted by atomic mass is 9.94. The number of hydrogen-bond acceptors (Lipinski definition) is 52. The summed E-state index contributed by atoms with van der Waals surface area (Å²) in [5, 5.41) is 295. The third kappa shape index (κ3) is 31.1. The third-order valence-electron chi connectivity index (χ3n) is 25.1. The standard InChI is InChI=1S/C83H142N2O52P2/c1-32(2)13-9-14-33(3)15-10-16-34(4)17-11-18-35(5)19-12-20-36(6)21-22-119-138(114,115)137-139(116,117)136-76-49(85-38(8)95)58(104)68(46(30-93)127-76)129-75-48(84-37(7)94)57(103)69(45(29-92)126-75)130-80-67(113)71(132-82-74(63(109)54(100)42(26-89)124-82)135-83-73(62(108)53(99)43(27-90)125-83)134-79-65(111)60(106)51(97)40(24-87)122-79)56(102)47(128-80)31-118-77-66(112)70(55(101)44(28-91)120-77)131-81-72(61(107)52(98)41(25-88)123-81)133-78-64(110)59(105)50(96)39(23-86)121-78/h13,15,17,19,36,39-83,86-93,96-113H,9-12,14,16,18,20-31H2,1-8H3,(H,84,94)(H,85,95)(H,114,115)(H,116,117)/p-2/b33-15+,34-17+,35-19-/t36?,39-,40-,41-,42-,43-,44-,45-,46-,47-,48-,49-,50-,51-,52-,53-,54-,55-,56-,57-,58-,59+,60+,61+,62+,63+,64+,65+,66+,67+,68-,69-,70+,71+,72+,73+,74+,75+,76?,77+,78-,79-,80+,81-,82-,83-/m1/s1. The van der Waals surface area contributed by atoms with E-state index in [1.807, 2.05) is 13.8 Å². The molecular weight excluding hydrogens is 1920 g/mol. The number of phosphoric ester groups is 2. The first kappa shape index (κ1) is 119. The van der Waals surface area contributed by atoms with E-state index in [9.17, 15) is 161 Å². The van der Waals surface area contributed by atoms with Crippen LogP contribution in [0.5, 0.6) is 0 Å². The molecule has 0 aromatic carbocycles. The van der Waals surface area contributed by atoms with Gasteiger partial charge in [0.2, 0.25) is 11.8 Å². The molecule has 48 atom stereocenters. The van der Waals surface area contributed by atoms with Crippen molar-refractivity contribution >= 4 is 27.5 Å². The summed E-state index contributed by atoms with van der Waals surface area (Å²) in [7, 11) is -12.1. The van der Waals surface area contributed by atoms with E-state index in [2.05, 4.69) is 66.9 Å². The van der Waals surface area contributed by atoms with E-state index in [0.29, 0.717) is 12.8 Å². The summed E-state index contributed by atoms with van der Waals surface area (Å²) in [6, 6.07) is -4.28. The number of allylic oxidation sites excluding steroid dienone is 8. The number of carbonyl (C=O) groups excluding carboxylic acids is 2. The maximum absolute atomic E-state index is 13.6. The molecule has 806 valence electrons. The minimum atomic E-state index is -6.25. The fourth-order valence-electron chi connectivity index (χ4n) is 17.1. The summed E-state index contributed by atoms with van der Waals surface area (Å²) in [4.78, 5) is 52.9. The number of rotatable bonds is 47. The van der Waals surface area contributed by atoms with E-state index >= 15 is 0 Å². The van der Waals surface area contributed by atoms with Gasteiger partial charge in [0, 0.05) is 13.8 Å². The number of carbonyl (C=O) groups is 2. The van der Waals surface area contributed by atoms with E-state index in [1.165, 1.54) is 16.7 Å². The summed E-state index contributed by atoms with van der Waals surface area (Å²) in [6.45, 7) is 2.77. The molecule has 0 saturated carbocycles. The highest BCUT2D eigenvalue weighted by Gasteiger charge is 2.62. The first-order chi connectivity index (χ1) is 65.6. The van der Waals surface area contributed by atoms with Gasteiger partial charge in [0.15, 0.2) is 56.6 Å². The first-order valence-electron chi connectivity index (χ1n) is 45.6. The van der Waals surface area contributed by atoms with Crippen LogP contribution in [0.25, 0.3) is 0 Å². The quantitative estimate of drug-likeness (QED) is 0.0199. The number of phosphoric acid groups is 2. The third-order valence-corrected chi connectivity index (χ3v) is 27.7. The van der Waals surface area contributed by atoms with Crippen molar-refractivity contribution in [2.75, 3.05) is 66.1 Å².